The van der Waals surface area contributed by atoms with E-state index in [-0.39, 0.29) is 0 Å². The van der Waals surface area contributed by atoms with E-state index in [4.69, 9.17) is 11.6 Å². The van der Waals surface area contributed by atoms with Crippen molar-refractivity contribution >= 4 is 22.5 Å². The minimum absolute atomic E-state index is 0.694. The lowest BCUT2D eigenvalue weighted by Crippen LogP contribution is -2.02. The molecular weight excluding hydrogens is 278 g/mol. The molecule has 0 spiro atoms. The maximum Gasteiger partial charge on any atom is 0.0483 e. The van der Waals surface area contributed by atoms with Crippen molar-refractivity contribution in [1.29, 1.82) is 0 Å². The highest BCUT2D eigenvalue weighted by molar-refractivity contribution is 6.30. The molecule has 1 saturated carbocycles. The minimum Gasteiger partial charge on any atom is -0.344 e. The fraction of sp³-hybridized carbons (Fsp3) is 0.263. The molecule has 0 unspecified atom stereocenters. The second-order valence-electron chi connectivity index (χ2n) is 5.95. The Bertz CT molecular complexity index is 781. The number of rotatable bonds is 2. The third-order valence-corrected chi connectivity index (χ3v) is 4.83. The first-order chi connectivity index (χ1) is 10.3. The van der Waals surface area contributed by atoms with Gasteiger partial charge in [-0.3, -0.25) is 0 Å². The second kappa shape index (κ2) is 5.23. The first-order valence-corrected chi connectivity index (χ1v) is 8.05. The van der Waals surface area contributed by atoms with Gasteiger partial charge in [0, 0.05) is 28.2 Å². The number of nitrogens with zero attached hydrogens (tertiary/aromatic N) is 1. The van der Waals surface area contributed by atoms with Crippen LogP contribution in [0.5, 0.6) is 0 Å². The van der Waals surface area contributed by atoms with E-state index >= 15 is 0 Å². The van der Waals surface area contributed by atoms with Crippen LogP contribution < -0.4 is 0 Å². The van der Waals surface area contributed by atoms with Crippen LogP contribution in [0.1, 0.15) is 31.7 Å². The van der Waals surface area contributed by atoms with Crippen LogP contribution in [0.3, 0.4) is 0 Å². The van der Waals surface area contributed by atoms with Crippen LogP contribution in [0.4, 0.5) is 0 Å². The molecule has 0 radical (unpaired) electrons. The molecule has 1 fully saturated rings. The van der Waals surface area contributed by atoms with Gasteiger partial charge in [-0.15, -0.1) is 0 Å². The average Bonchev–Trinajstić information content (AvgIpc) is 3.15. The van der Waals surface area contributed by atoms with Gasteiger partial charge < -0.3 is 4.57 Å². The Labute approximate surface area is 130 Å². The van der Waals surface area contributed by atoms with Crippen molar-refractivity contribution in [3.8, 4) is 11.1 Å². The van der Waals surface area contributed by atoms with Gasteiger partial charge >= 0.3 is 0 Å². The van der Waals surface area contributed by atoms with Gasteiger partial charge in [-0.05, 0) is 54.3 Å². The van der Waals surface area contributed by atoms with E-state index in [9.17, 15) is 0 Å². The van der Waals surface area contributed by atoms with Gasteiger partial charge in [-0.1, -0.05) is 42.6 Å². The van der Waals surface area contributed by atoms with Crippen molar-refractivity contribution in [2.24, 2.45) is 0 Å². The van der Waals surface area contributed by atoms with Gasteiger partial charge in [0.15, 0.2) is 0 Å². The number of hydrogen-bond acceptors (Lipinski definition) is 0. The summed E-state index contributed by atoms with van der Waals surface area (Å²) in [5, 5.41) is 2.11. The molecule has 1 aliphatic carbocycles. The van der Waals surface area contributed by atoms with Crippen molar-refractivity contribution in [3.05, 3.63) is 59.8 Å². The highest BCUT2D eigenvalue weighted by Crippen LogP contribution is 2.34. The predicted octanol–water partition coefficient (Wildman–Crippen LogP) is 6.08. The number of halogens is 1. The van der Waals surface area contributed by atoms with Crippen LogP contribution in [0.25, 0.3) is 22.0 Å². The third kappa shape index (κ3) is 2.36. The minimum atomic E-state index is 0.694. The van der Waals surface area contributed by atoms with Crippen molar-refractivity contribution in [1.82, 2.24) is 4.57 Å². The van der Waals surface area contributed by atoms with Crippen LogP contribution >= 0.6 is 11.6 Å². The summed E-state index contributed by atoms with van der Waals surface area (Å²) >= 11 is 6.10. The Morgan fingerprint density at radius 2 is 1.71 bits per heavy atom. The summed E-state index contributed by atoms with van der Waals surface area (Å²) in [5.41, 5.74) is 3.76. The Balaban J connectivity index is 1.77. The lowest BCUT2D eigenvalue weighted by molar-refractivity contribution is 0.536. The van der Waals surface area contributed by atoms with E-state index in [2.05, 4.69) is 41.1 Å². The molecule has 2 aromatic carbocycles. The summed E-state index contributed by atoms with van der Waals surface area (Å²) in [6.45, 7) is 0. The normalized spacial score (nSPS) is 15.9. The van der Waals surface area contributed by atoms with Gasteiger partial charge in [-0.25, -0.2) is 0 Å². The zero-order valence-corrected chi connectivity index (χ0v) is 12.7. The van der Waals surface area contributed by atoms with Gasteiger partial charge in [0.05, 0.1) is 0 Å². The first-order valence-electron chi connectivity index (χ1n) is 7.68. The molecule has 1 aliphatic rings. The van der Waals surface area contributed by atoms with Gasteiger partial charge in [0.25, 0.3) is 0 Å². The summed E-state index contributed by atoms with van der Waals surface area (Å²) in [6, 6.07) is 17.7. The Morgan fingerprint density at radius 1 is 0.905 bits per heavy atom. The summed E-state index contributed by atoms with van der Waals surface area (Å²) in [6.07, 6.45) is 7.62. The first kappa shape index (κ1) is 13.0. The van der Waals surface area contributed by atoms with Crippen molar-refractivity contribution in [2.75, 3.05) is 0 Å². The van der Waals surface area contributed by atoms with Gasteiger partial charge in [0.1, 0.15) is 0 Å². The van der Waals surface area contributed by atoms with Crippen molar-refractivity contribution in [3.63, 3.8) is 0 Å². The monoisotopic (exact) mass is 295 g/mol. The summed E-state index contributed by atoms with van der Waals surface area (Å²) in [7, 11) is 0. The van der Waals surface area contributed by atoms with Crippen molar-refractivity contribution in [2.45, 2.75) is 31.7 Å². The Morgan fingerprint density at radius 3 is 2.52 bits per heavy atom. The molecule has 0 amide bonds. The fourth-order valence-electron chi connectivity index (χ4n) is 3.51. The van der Waals surface area contributed by atoms with Gasteiger partial charge in [-0.2, -0.15) is 0 Å². The maximum atomic E-state index is 6.10. The molecule has 1 heterocycles. The maximum absolute atomic E-state index is 6.10. The van der Waals surface area contributed by atoms with E-state index in [1.54, 1.807) is 0 Å². The topological polar surface area (TPSA) is 4.93 Å². The molecule has 1 nitrogen and oxygen atoms in total. The molecule has 21 heavy (non-hydrogen) atoms. The largest absolute Gasteiger partial charge is 0.344 e. The lowest BCUT2D eigenvalue weighted by Gasteiger charge is -2.13. The molecular formula is C19H18ClN. The fourth-order valence-corrected chi connectivity index (χ4v) is 3.70. The number of benzene rings is 2. The molecule has 0 aliphatic heterocycles. The quantitative estimate of drug-likeness (QED) is 0.540. The summed E-state index contributed by atoms with van der Waals surface area (Å²) in [4.78, 5) is 0. The number of fused-ring (bicyclic) bond motifs is 1. The van der Waals surface area contributed by atoms with Crippen LogP contribution in [-0.2, 0) is 0 Å². The van der Waals surface area contributed by atoms with E-state index in [1.807, 2.05) is 18.2 Å². The summed E-state index contributed by atoms with van der Waals surface area (Å²) in [5.74, 6) is 0. The predicted molar refractivity (Wildman–Crippen MR) is 89.9 cm³/mol. The smallest absolute Gasteiger partial charge is 0.0483 e. The molecule has 3 aromatic rings. The molecule has 4 rings (SSSR count). The molecule has 0 N–H and O–H groups in total. The number of aromatic nitrogens is 1. The number of hydrogen-bond donors (Lipinski definition) is 0. The highest BCUT2D eigenvalue weighted by Gasteiger charge is 2.18. The highest BCUT2D eigenvalue weighted by atomic mass is 35.5. The molecule has 0 atom stereocenters. The van der Waals surface area contributed by atoms with E-state index in [0.717, 1.165) is 5.02 Å². The molecule has 1 aromatic heterocycles. The Kier molecular flexibility index (Phi) is 3.23. The molecule has 106 valence electrons. The molecule has 0 bridgehead atoms. The summed E-state index contributed by atoms with van der Waals surface area (Å²) < 4.78 is 2.46. The standard InChI is InChI=1S/C19H18ClN/c20-17-5-3-4-14(13-17)15-8-9-19-16(12-15)10-11-21(19)18-6-1-2-7-18/h3-5,8-13,18H,1-2,6-7H2. The zero-order valence-electron chi connectivity index (χ0n) is 11.9. The third-order valence-electron chi connectivity index (χ3n) is 4.60. The van der Waals surface area contributed by atoms with E-state index < -0.39 is 0 Å². The SMILES string of the molecule is Clc1cccc(-c2ccc3c(ccn3C3CCCC3)c2)c1. The lowest BCUT2D eigenvalue weighted by atomic mass is 10.0. The average molecular weight is 296 g/mol. The van der Waals surface area contributed by atoms with Crippen LogP contribution in [0, 0.1) is 0 Å². The van der Waals surface area contributed by atoms with Crippen LogP contribution in [0.15, 0.2) is 54.7 Å². The second-order valence-corrected chi connectivity index (χ2v) is 6.38. The molecule has 2 heteroatoms. The van der Waals surface area contributed by atoms with Crippen molar-refractivity contribution < 1.29 is 0 Å². The Hall–Kier alpha value is -1.73. The van der Waals surface area contributed by atoms with E-state index in [0.29, 0.717) is 6.04 Å². The van der Waals surface area contributed by atoms with Crippen LogP contribution in [-0.4, -0.2) is 4.57 Å². The van der Waals surface area contributed by atoms with Gasteiger partial charge in [0.2, 0.25) is 0 Å². The van der Waals surface area contributed by atoms with E-state index in [1.165, 1.54) is 47.7 Å². The molecule has 0 saturated heterocycles. The zero-order chi connectivity index (χ0) is 14.2. The van der Waals surface area contributed by atoms with Crippen LogP contribution in [0.2, 0.25) is 5.02 Å².